The number of aromatic nitrogens is 2. The van der Waals surface area contributed by atoms with E-state index in [1.165, 1.54) is 5.01 Å². The van der Waals surface area contributed by atoms with Crippen molar-refractivity contribution < 1.29 is 5.11 Å². The molecule has 2 heterocycles. The van der Waals surface area contributed by atoms with Gasteiger partial charge in [-0.1, -0.05) is 13.8 Å². The number of aliphatic hydroxyl groups excluding tert-OH is 1. The zero-order valence-corrected chi connectivity index (χ0v) is 11.8. The molecule has 0 aromatic carbocycles. The summed E-state index contributed by atoms with van der Waals surface area (Å²) < 4.78 is 2.08. The Morgan fingerprint density at radius 1 is 1.44 bits per heavy atom. The molecule has 1 N–H and O–H groups in total. The number of hydrogen-bond acceptors (Lipinski definition) is 3. The predicted octanol–water partition coefficient (Wildman–Crippen LogP) is 3.39. The Morgan fingerprint density at radius 2 is 2.28 bits per heavy atom. The van der Waals surface area contributed by atoms with Crippen LogP contribution >= 0.6 is 11.3 Å². The lowest BCUT2D eigenvalue weighted by Gasteiger charge is -2.04. The maximum absolute atomic E-state index is 9.76. The third kappa shape index (κ3) is 3.21. The lowest BCUT2D eigenvalue weighted by atomic mass is 10.1. The molecule has 0 bridgehead atoms. The summed E-state index contributed by atoms with van der Waals surface area (Å²) in [6.45, 7) is 4.95. The number of aliphatic hydroxyl groups is 1. The first-order chi connectivity index (χ1) is 8.72. The molecule has 4 heteroatoms. The van der Waals surface area contributed by atoms with Gasteiger partial charge in [0.1, 0.15) is 0 Å². The number of rotatable bonds is 6. The van der Waals surface area contributed by atoms with Crippen LogP contribution in [-0.2, 0) is 13.0 Å². The Balaban J connectivity index is 2.01. The lowest BCUT2D eigenvalue weighted by molar-refractivity contribution is 0.173. The fourth-order valence-corrected chi connectivity index (χ4v) is 2.82. The molecule has 0 aliphatic heterocycles. The Labute approximate surface area is 112 Å². The number of thiazole rings is 1. The van der Waals surface area contributed by atoms with Crippen molar-refractivity contribution in [2.45, 2.75) is 45.8 Å². The van der Waals surface area contributed by atoms with Crippen molar-refractivity contribution in [2.24, 2.45) is 0 Å². The minimum atomic E-state index is -0.350. The topological polar surface area (TPSA) is 38.0 Å². The van der Waals surface area contributed by atoms with Gasteiger partial charge in [-0.05, 0) is 30.9 Å². The zero-order chi connectivity index (χ0) is 13.0. The van der Waals surface area contributed by atoms with Crippen molar-refractivity contribution in [3.05, 3.63) is 40.1 Å². The smallest absolute Gasteiger partial charge is 0.0928 e. The third-order valence-corrected chi connectivity index (χ3v) is 3.91. The SMILES string of the molecule is CCCc1nc(Cn2ccc(C(O)CC)c2)cs1. The summed E-state index contributed by atoms with van der Waals surface area (Å²) in [6, 6.07) is 1.98. The van der Waals surface area contributed by atoms with Crippen LogP contribution in [0.5, 0.6) is 0 Å². The normalized spacial score (nSPS) is 12.8. The molecule has 18 heavy (non-hydrogen) atoms. The highest BCUT2D eigenvalue weighted by Crippen LogP contribution is 2.18. The van der Waals surface area contributed by atoms with Crippen LogP contribution in [0.1, 0.15) is 49.1 Å². The summed E-state index contributed by atoms with van der Waals surface area (Å²) in [5.74, 6) is 0. The van der Waals surface area contributed by atoms with Crippen LogP contribution < -0.4 is 0 Å². The molecule has 2 aromatic rings. The van der Waals surface area contributed by atoms with E-state index in [9.17, 15) is 5.11 Å². The number of hydrogen-bond donors (Lipinski definition) is 1. The lowest BCUT2D eigenvalue weighted by Crippen LogP contribution is -1.98. The molecule has 98 valence electrons. The van der Waals surface area contributed by atoms with Gasteiger partial charge in [0.25, 0.3) is 0 Å². The van der Waals surface area contributed by atoms with Gasteiger partial charge in [0.05, 0.1) is 23.4 Å². The molecule has 1 unspecified atom stereocenters. The second-order valence-electron chi connectivity index (χ2n) is 4.52. The molecule has 0 radical (unpaired) electrons. The van der Waals surface area contributed by atoms with E-state index in [-0.39, 0.29) is 6.10 Å². The standard InChI is InChI=1S/C14H20N2OS/c1-3-5-14-15-12(10-18-14)9-16-7-6-11(8-16)13(17)4-2/h6-8,10,13,17H,3-5,9H2,1-2H3. The van der Waals surface area contributed by atoms with Crippen LogP contribution in [0, 0.1) is 0 Å². The Hall–Kier alpha value is -1.13. The molecule has 0 spiro atoms. The van der Waals surface area contributed by atoms with Gasteiger partial charge in [-0.15, -0.1) is 11.3 Å². The van der Waals surface area contributed by atoms with Crippen molar-refractivity contribution in [2.75, 3.05) is 0 Å². The summed E-state index contributed by atoms with van der Waals surface area (Å²) >= 11 is 1.74. The van der Waals surface area contributed by atoms with Crippen LogP contribution in [0.25, 0.3) is 0 Å². The van der Waals surface area contributed by atoms with Gasteiger partial charge >= 0.3 is 0 Å². The monoisotopic (exact) mass is 264 g/mol. The van der Waals surface area contributed by atoms with Crippen LogP contribution in [0.15, 0.2) is 23.8 Å². The molecule has 1 atom stereocenters. The first-order valence-corrected chi connectivity index (χ1v) is 7.38. The highest BCUT2D eigenvalue weighted by molar-refractivity contribution is 7.09. The van der Waals surface area contributed by atoms with Crippen molar-refractivity contribution in [3.8, 4) is 0 Å². The average molecular weight is 264 g/mol. The molecule has 2 rings (SSSR count). The van der Waals surface area contributed by atoms with Crippen molar-refractivity contribution in [3.63, 3.8) is 0 Å². The summed E-state index contributed by atoms with van der Waals surface area (Å²) in [4.78, 5) is 4.60. The van der Waals surface area contributed by atoms with E-state index in [1.54, 1.807) is 11.3 Å². The summed E-state index contributed by atoms with van der Waals surface area (Å²) in [5.41, 5.74) is 2.10. The number of nitrogens with zero attached hydrogens (tertiary/aromatic N) is 2. The van der Waals surface area contributed by atoms with Crippen LogP contribution in [0.3, 0.4) is 0 Å². The summed E-state index contributed by atoms with van der Waals surface area (Å²) in [6.07, 6.45) is 6.62. The third-order valence-electron chi connectivity index (χ3n) is 2.95. The van der Waals surface area contributed by atoms with E-state index in [0.29, 0.717) is 0 Å². The molecule has 0 amide bonds. The van der Waals surface area contributed by atoms with Crippen LogP contribution in [-0.4, -0.2) is 14.7 Å². The zero-order valence-electron chi connectivity index (χ0n) is 11.0. The molecular formula is C14H20N2OS. The van der Waals surface area contributed by atoms with Gasteiger partial charge in [-0.3, -0.25) is 0 Å². The molecule has 0 saturated carbocycles. The molecule has 0 aliphatic rings. The predicted molar refractivity (Wildman–Crippen MR) is 74.9 cm³/mol. The van der Waals surface area contributed by atoms with Crippen LogP contribution in [0.4, 0.5) is 0 Å². The van der Waals surface area contributed by atoms with Gasteiger partial charge < -0.3 is 9.67 Å². The Bertz CT molecular complexity index is 489. The molecule has 2 aromatic heterocycles. The van der Waals surface area contributed by atoms with Gasteiger partial charge in [0, 0.05) is 17.8 Å². The first-order valence-electron chi connectivity index (χ1n) is 6.50. The van der Waals surface area contributed by atoms with E-state index in [2.05, 4.69) is 21.9 Å². The van der Waals surface area contributed by atoms with Gasteiger partial charge in [0.2, 0.25) is 0 Å². The number of aryl methyl sites for hydroxylation is 1. The Kier molecular flexibility index (Phi) is 4.55. The fraction of sp³-hybridized carbons (Fsp3) is 0.500. The van der Waals surface area contributed by atoms with Crippen molar-refractivity contribution in [1.29, 1.82) is 0 Å². The summed E-state index contributed by atoms with van der Waals surface area (Å²) in [7, 11) is 0. The minimum absolute atomic E-state index is 0.350. The average Bonchev–Trinajstić information content (AvgIpc) is 2.99. The highest BCUT2D eigenvalue weighted by Gasteiger charge is 2.07. The largest absolute Gasteiger partial charge is 0.388 e. The maximum Gasteiger partial charge on any atom is 0.0928 e. The minimum Gasteiger partial charge on any atom is -0.388 e. The van der Waals surface area contributed by atoms with Crippen molar-refractivity contribution >= 4 is 11.3 Å². The van der Waals surface area contributed by atoms with E-state index in [0.717, 1.165) is 37.1 Å². The maximum atomic E-state index is 9.76. The first kappa shape index (κ1) is 13.3. The molecule has 0 fully saturated rings. The molecule has 3 nitrogen and oxygen atoms in total. The van der Waals surface area contributed by atoms with Gasteiger partial charge in [-0.25, -0.2) is 4.98 Å². The van der Waals surface area contributed by atoms with E-state index >= 15 is 0 Å². The molecule has 0 saturated heterocycles. The van der Waals surface area contributed by atoms with E-state index < -0.39 is 0 Å². The molecule has 0 aliphatic carbocycles. The second-order valence-corrected chi connectivity index (χ2v) is 5.47. The van der Waals surface area contributed by atoms with Gasteiger partial charge in [-0.2, -0.15) is 0 Å². The second kappa shape index (κ2) is 6.16. The quantitative estimate of drug-likeness (QED) is 0.868. The fourth-order valence-electron chi connectivity index (χ4n) is 1.93. The van der Waals surface area contributed by atoms with E-state index in [4.69, 9.17) is 0 Å². The Morgan fingerprint density at radius 3 is 3.00 bits per heavy atom. The van der Waals surface area contributed by atoms with Crippen LogP contribution in [0.2, 0.25) is 0 Å². The van der Waals surface area contributed by atoms with Crippen molar-refractivity contribution in [1.82, 2.24) is 9.55 Å². The highest BCUT2D eigenvalue weighted by atomic mass is 32.1. The van der Waals surface area contributed by atoms with E-state index in [1.807, 2.05) is 25.4 Å². The summed E-state index contributed by atoms with van der Waals surface area (Å²) in [5, 5.41) is 13.1. The molecular weight excluding hydrogens is 244 g/mol. The van der Waals surface area contributed by atoms with Gasteiger partial charge in [0.15, 0.2) is 0 Å².